The predicted octanol–water partition coefficient (Wildman–Crippen LogP) is 2.50. The maximum Gasteiger partial charge on any atom is 0.184 e. The average molecular weight is 311 g/mol. The first-order valence-corrected chi connectivity index (χ1v) is 8.22. The number of hydrogen-bond acceptors (Lipinski definition) is 4. The largest absolute Gasteiger partial charge is 0.361 e. The third-order valence-electron chi connectivity index (χ3n) is 4.31. The molecule has 122 valence electrons. The summed E-state index contributed by atoms with van der Waals surface area (Å²) >= 11 is 0. The minimum absolute atomic E-state index is 0.626. The molecule has 1 atom stereocenters. The molecule has 4 heteroatoms. The molecule has 1 aliphatic heterocycles. The van der Waals surface area contributed by atoms with Gasteiger partial charge in [-0.25, -0.2) is 0 Å². The standard InChI is InChI=1S/C19H25N3O/c1-16-6-5-7-17(14-16)15-21-10-12-22(13-11-21)19(23)20-18-8-3-2-4-9-18/h2-9,14,19-20,23H,10-13,15H2,1H3. The Morgan fingerprint density at radius 3 is 2.43 bits per heavy atom. The van der Waals surface area contributed by atoms with E-state index in [2.05, 4.69) is 46.3 Å². The molecule has 1 fully saturated rings. The first-order valence-electron chi connectivity index (χ1n) is 8.22. The molecule has 0 spiro atoms. The number of nitrogens with zero attached hydrogens (tertiary/aromatic N) is 2. The van der Waals surface area contributed by atoms with E-state index in [-0.39, 0.29) is 0 Å². The summed E-state index contributed by atoms with van der Waals surface area (Å²) in [5.74, 6) is 0. The second-order valence-corrected chi connectivity index (χ2v) is 6.19. The Morgan fingerprint density at radius 2 is 1.74 bits per heavy atom. The van der Waals surface area contributed by atoms with Crippen LogP contribution in [0.25, 0.3) is 0 Å². The molecule has 0 aromatic heterocycles. The number of anilines is 1. The molecule has 1 saturated heterocycles. The normalized spacial score (nSPS) is 17.8. The number of aliphatic hydroxyl groups excluding tert-OH is 1. The highest BCUT2D eigenvalue weighted by atomic mass is 16.3. The number of rotatable bonds is 5. The van der Waals surface area contributed by atoms with E-state index in [0.717, 1.165) is 38.4 Å². The van der Waals surface area contributed by atoms with Crippen LogP contribution >= 0.6 is 0 Å². The lowest BCUT2D eigenvalue weighted by molar-refractivity contribution is -0.00825. The zero-order chi connectivity index (χ0) is 16.1. The van der Waals surface area contributed by atoms with Crippen LogP contribution < -0.4 is 5.32 Å². The van der Waals surface area contributed by atoms with E-state index in [4.69, 9.17) is 0 Å². The lowest BCUT2D eigenvalue weighted by Gasteiger charge is -2.37. The molecular formula is C19H25N3O. The molecule has 2 N–H and O–H groups in total. The van der Waals surface area contributed by atoms with E-state index in [1.165, 1.54) is 11.1 Å². The summed E-state index contributed by atoms with van der Waals surface area (Å²) in [6.45, 7) is 6.80. The molecule has 1 heterocycles. The Balaban J connectivity index is 1.48. The van der Waals surface area contributed by atoms with Gasteiger partial charge in [0.1, 0.15) is 0 Å². The van der Waals surface area contributed by atoms with Crippen molar-refractivity contribution >= 4 is 5.69 Å². The van der Waals surface area contributed by atoms with Crippen LogP contribution in [0.2, 0.25) is 0 Å². The molecule has 0 bridgehead atoms. The van der Waals surface area contributed by atoms with Crippen molar-refractivity contribution in [3.05, 3.63) is 65.7 Å². The van der Waals surface area contributed by atoms with Crippen molar-refractivity contribution in [1.82, 2.24) is 9.80 Å². The number of benzene rings is 2. The fraction of sp³-hybridized carbons (Fsp3) is 0.368. The van der Waals surface area contributed by atoms with Crippen LogP contribution in [0, 0.1) is 6.92 Å². The molecule has 1 unspecified atom stereocenters. The van der Waals surface area contributed by atoms with E-state index in [1.807, 2.05) is 30.3 Å². The first-order chi connectivity index (χ1) is 11.2. The monoisotopic (exact) mass is 311 g/mol. The van der Waals surface area contributed by atoms with Gasteiger partial charge in [-0.3, -0.25) is 9.80 Å². The van der Waals surface area contributed by atoms with Crippen LogP contribution in [-0.2, 0) is 6.54 Å². The van der Waals surface area contributed by atoms with Crippen LogP contribution in [0.15, 0.2) is 54.6 Å². The molecule has 0 amide bonds. The summed E-state index contributed by atoms with van der Waals surface area (Å²) in [6.07, 6.45) is -0.626. The lowest BCUT2D eigenvalue weighted by atomic mass is 10.1. The minimum Gasteiger partial charge on any atom is -0.361 e. The fourth-order valence-electron chi connectivity index (χ4n) is 3.01. The minimum atomic E-state index is -0.626. The molecule has 2 aromatic carbocycles. The maximum absolute atomic E-state index is 10.3. The van der Waals surface area contributed by atoms with Crippen molar-refractivity contribution in [2.75, 3.05) is 31.5 Å². The number of aryl methyl sites for hydroxylation is 1. The Bertz CT molecular complexity index is 609. The van der Waals surface area contributed by atoms with Gasteiger partial charge in [0.15, 0.2) is 6.35 Å². The van der Waals surface area contributed by atoms with Crippen molar-refractivity contribution in [1.29, 1.82) is 0 Å². The van der Waals surface area contributed by atoms with Crippen LogP contribution in [0.1, 0.15) is 11.1 Å². The van der Waals surface area contributed by atoms with Gasteiger partial charge in [0, 0.05) is 38.4 Å². The summed E-state index contributed by atoms with van der Waals surface area (Å²) < 4.78 is 0. The van der Waals surface area contributed by atoms with Crippen LogP contribution in [0.3, 0.4) is 0 Å². The number of para-hydroxylation sites is 1. The van der Waals surface area contributed by atoms with Crippen molar-refractivity contribution in [3.63, 3.8) is 0 Å². The third-order valence-corrected chi connectivity index (χ3v) is 4.31. The van der Waals surface area contributed by atoms with Crippen LogP contribution in [-0.4, -0.2) is 47.4 Å². The smallest absolute Gasteiger partial charge is 0.184 e. The van der Waals surface area contributed by atoms with Gasteiger partial charge in [-0.05, 0) is 24.6 Å². The van der Waals surface area contributed by atoms with Gasteiger partial charge in [0.25, 0.3) is 0 Å². The number of piperazine rings is 1. The SMILES string of the molecule is Cc1cccc(CN2CCN(C(O)Nc3ccccc3)CC2)c1. The van der Waals surface area contributed by atoms with Gasteiger partial charge in [0.2, 0.25) is 0 Å². The average Bonchev–Trinajstić information content (AvgIpc) is 2.56. The van der Waals surface area contributed by atoms with Crippen molar-refractivity contribution in [3.8, 4) is 0 Å². The summed E-state index contributed by atoms with van der Waals surface area (Å²) in [7, 11) is 0. The summed E-state index contributed by atoms with van der Waals surface area (Å²) in [5, 5.41) is 13.5. The molecule has 23 heavy (non-hydrogen) atoms. The van der Waals surface area contributed by atoms with Gasteiger partial charge >= 0.3 is 0 Å². The van der Waals surface area contributed by atoms with E-state index in [1.54, 1.807) is 0 Å². The Hall–Kier alpha value is -1.88. The maximum atomic E-state index is 10.3. The van der Waals surface area contributed by atoms with E-state index < -0.39 is 6.35 Å². The van der Waals surface area contributed by atoms with E-state index in [0.29, 0.717) is 0 Å². The zero-order valence-corrected chi connectivity index (χ0v) is 13.7. The molecule has 1 aliphatic rings. The highest BCUT2D eigenvalue weighted by molar-refractivity contribution is 5.42. The van der Waals surface area contributed by atoms with Gasteiger partial charge < -0.3 is 10.4 Å². The Kier molecular flexibility index (Phi) is 5.28. The van der Waals surface area contributed by atoms with E-state index >= 15 is 0 Å². The quantitative estimate of drug-likeness (QED) is 0.832. The van der Waals surface area contributed by atoms with Crippen molar-refractivity contribution in [2.45, 2.75) is 19.8 Å². The molecule has 0 saturated carbocycles. The van der Waals surface area contributed by atoms with Crippen molar-refractivity contribution in [2.24, 2.45) is 0 Å². The Labute approximate surface area is 138 Å². The van der Waals surface area contributed by atoms with Gasteiger partial charge in [-0.15, -0.1) is 0 Å². The zero-order valence-electron chi connectivity index (χ0n) is 13.7. The summed E-state index contributed by atoms with van der Waals surface area (Å²) in [5.41, 5.74) is 3.62. The summed E-state index contributed by atoms with van der Waals surface area (Å²) in [4.78, 5) is 4.53. The Morgan fingerprint density at radius 1 is 1.00 bits per heavy atom. The molecule has 0 aliphatic carbocycles. The fourth-order valence-corrected chi connectivity index (χ4v) is 3.01. The first kappa shape index (κ1) is 16.0. The van der Waals surface area contributed by atoms with Crippen molar-refractivity contribution < 1.29 is 5.11 Å². The van der Waals surface area contributed by atoms with E-state index in [9.17, 15) is 5.11 Å². The van der Waals surface area contributed by atoms with Crippen LogP contribution in [0.5, 0.6) is 0 Å². The number of aliphatic hydroxyl groups is 1. The second-order valence-electron chi connectivity index (χ2n) is 6.19. The summed E-state index contributed by atoms with van der Waals surface area (Å²) in [6, 6.07) is 18.5. The second kappa shape index (κ2) is 7.59. The highest BCUT2D eigenvalue weighted by Crippen LogP contribution is 2.13. The highest BCUT2D eigenvalue weighted by Gasteiger charge is 2.22. The number of hydrogen-bond donors (Lipinski definition) is 2. The van der Waals surface area contributed by atoms with Gasteiger partial charge in [-0.1, -0.05) is 48.0 Å². The predicted molar refractivity (Wildman–Crippen MR) is 94.1 cm³/mol. The molecule has 4 nitrogen and oxygen atoms in total. The van der Waals surface area contributed by atoms with Gasteiger partial charge in [-0.2, -0.15) is 0 Å². The third kappa shape index (κ3) is 4.55. The molecule has 3 rings (SSSR count). The number of nitrogens with one attached hydrogen (secondary N) is 1. The van der Waals surface area contributed by atoms with Gasteiger partial charge in [0.05, 0.1) is 0 Å². The molecular weight excluding hydrogens is 286 g/mol. The molecule has 2 aromatic rings. The topological polar surface area (TPSA) is 38.7 Å². The lowest BCUT2D eigenvalue weighted by Crippen LogP contribution is -2.52. The van der Waals surface area contributed by atoms with Crippen LogP contribution in [0.4, 0.5) is 5.69 Å². The molecule has 0 radical (unpaired) electrons.